The summed E-state index contributed by atoms with van der Waals surface area (Å²) in [4.78, 5) is 11.9. The first-order valence-electron chi connectivity index (χ1n) is 5.21. The van der Waals surface area contributed by atoms with Gasteiger partial charge in [0.15, 0.2) is 0 Å². The molecule has 0 aromatic heterocycles. The van der Waals surface area contributed by atoms with E-state index in [2.05, 4.69) is 21.2 Å². The zero-order chi connectivity index (χ0) is 13.1. The number of halogens is 1. The Morgan fingerprint density at radius 3 is 2.44 bits per heavy atom. The van der Waals surface area contributed by atoms with Crippen molar-refractivity contribution >= 4 is 33.2 Å². The monoisotopic (exact) mass is 306 g/mol. The molecule has 5 heteroatoms. The van der Waals surface area contributed by atoms with Gasteiger partial charge in [-0.1, -0.05) is 0 Å². The maximum atomic E-state index is 11.9. The lowest BCUT2D eigenvalue weighted by Crippen LogP contribution is -2.12. The Hall–Kier alpha value is -2.01. The summed E-state index contributed by atoms with van der Waals surface area (Å²) >= 11 is 3.33. The normalized spacial score (nSPS) is 10.1. The summed E-state index contributed by atoms with van der Waals surface area (Å²) in [5, 5.41) is 11.9. The number of nitrogen functional groups attached to an aromatic ring is 1. The number of amides is 1. The molecule has 0 spiro atoms. The van der Waals surface area contributed by atoms with Crippen LogP contribution in [0.25, 0.3) is 0 Å². The Morgan fingerprint density at radius 1 is 1.17 bits per heavy atom. The maximum Gasteiger partial charge on any atom is 0.255 e. The molecule has 4 nitrogen and oxygen atoms in total. The van der Waals surface area contributed by atoms with E-state index in [4.69, 9.17) is 10.8 Å². The molecule has 2 aromatic carbocycles. The van der Waals surface area contributed by atoms with E-state index in [1.807, 2.05) is 0 Å². The molecule has 0 unspecified atom stereocenters. The second-order valence-electron chi connectivity index (χ2n) is 3.74. The van der Waals surface area contributed by atoms with Crippen LogP contribution < -0.4 is 11.1 Å². The first-order valence-corrected chi connectivity index (χ1v) is 6.01. The average molecular weight is 307 g/mol. The molecule has 0 atom stereocenters. The number of nitrogens with one attached hydrogen (secondary N) is 1. The molecule has 0 bridgehead atoms. The number of rotatable bonds is 2. The fourth-order valence-electron chi connectivity index (χ4n) is 1.44. The maximum absolute atomic E-state index is 11.9. The number of nitrogens with two attached hydrogens (primary N) is 1. The molecule has 2 aromatic rings. The van der Waals surface area contributed by atoms with Crippen molar-refractivity contribution in [1.29, 1.82) is 0 Å². The van der Waals surface area contributed by atoms with Crippen LogP contribution in [0.5, 0.6) is 5.75 Å². The molecule has 92 valence electrons. The number of carbonyl (C=O) groups is 1. The Balaban J connectivity index is 2.18. The van der Waals surface area contributed by atoms with Crippen LogP contribution in [0.15, 0.2) is 46.9 Å². The molecule has 0 saturated carbocycles. The third-order valence-corrected chi connectivity index (χ3v) is 3.03. The van der Waals surface area contributed by atoms with E-state index < -0.39 is 0 Å². The Kier molecular flexibility index (Phi) is 3.53. The van der Waals surface area contributed by atoms with Gasteiger partial charge in [-0.3, -0.25) is 4.79 Å². The van der Waals surface area contributed by atoms with Gasteiger partial charge in [0.1, 0.15) is 5.75 Å². The van der Waals surface area contributed by atoms with Gasteiger partial charge in [-0.15, -0.1) is 0 Å². The van der Waals surface area contributed by atoms with Gasteiger partial charge in [0.05, 0.1) is 5.69 Å². The first kappa shape index (κ1) is 12.4. The minimum Gasteiger partial charge on any atom is -0.508 e. The lowest BCUT2D eigenvalue weighted by Gasteiger charge is -2.08. The van der Waals surface area contributed by atoms with Crippen LogP contribution in [0.2, 0.25) is 0 Å². The minimum atomic E-state index is -0.250. The van der Waals surface area contributed by atoms with Crippen LogP contribution in [0.4, 0.5) is 11.4 Å². The molecule has 0 heterocycles. The SMILES string of the molecule is Nc1ccc(NC(=O)c2ccc(O)cc2)c(Br)c1. The standard InChI is InChI=1S/C13H11BrN2O2/c14-11-7-9(15)3-6-12(11)16-13(18)8-1-4-10(17)5-2-8/h1-7,17H,15H2,(H,16,18). The number of phenols is 1. The summed E-state index contributed by atoms with van der Waals surface area (Å²) < 4.78 is 0.717. The molecule has 0 saturated heterocycles. The van der Waals surface area contributed by atoms with E-state index in [1.54, 1.807) is 30.3 Å². The van der Waals surface area contributed by atoms with Gasteiger partial charge in [-0.2, -0.15) is 0 Å². The van der Waals surface area contributed by atoms with Gasteiger partial charge >= 0.3 is 0 Å². The first-order chi connectivity index (χ1) is 8.56. The molecule has 1 amide bonds. The van der Waals surface area contributed by atoms with Gasteiger partial charge in [0.25, 0.3) is 5.91 Å². The second-order valence-corrected chi connectivity index (χ2v) is 4.59. The summed E-state index contributed by atoms with van der Waals surface area (Å²) in [6.45, 7) is 0. The summed E-state index contributed by atoms with van der Waals surface area (Å²) in [5.74, 6) is -0.124. The summed E-state index contributed by atoms with van der Waals surface area (Å²) in [5.41, 5.74) is 7.34. The number of carbonyl (C=O) groups excluding carboxylic acids is 1. The van der Waals surface area contributed by atoms with Crippen molar-refractivity contribution in [3.05, 3.63) is 52.5 Å². The van der Waals surface area contributed by atoms with E-state index in [9.17, 15) is 4.79 Å². The van der Waals surface area contributed by atoms with Gasteiger partial charge in [-0.25, -0.2) is 0 Å². The van der Waals surface area contributed by atoms with Gasteiger partial charge in [0, 0.05) is 15.7 Å². The summed E-state index contributed by atoms with van der Waals surface area (Å²) in [6.07, 6.45) is 0. The molecule has 0 aliphatic heterocycles. The number of hydrogen-bond acceptors (Lipinski definition) is 3. The van der Waals surface area contributed by atoms with Gasteiger partial charge < -0.3 is 16.2 Å². The highest BCUT2D eigenvalue weighted by molar-refractivity contribution is 9.10. The third kappa shape index (κ3) is 2.81. The highest BCUT2D eigenvalue weighted by atomic mass is 79.9. The lowest BCUT2D eigenvalue weighted by molar-refractivity contribution is 0.102. The number of anilines is 2. The molecule has 0 fully saturated rings. The average Bonchev–Trinajstić information content (AvgIpc) is 2.33. The van der Waals surface area contributed by atoms with Crippen LogP contribution in [0.3, 0.4) is 0 Å². The number of hydrogen-bond donors (Lipinski definition) is 3. The van der Waals surface area contributed by atoms with Crippen molar-refractivity contribution in [2.24, 2.45) is 0 Å². The Labute approximate surface area is 113 Å². The van der Waals surface area contributed by atoms with E-state index >= 15 is 0 Å². The zero-order valence-electron chi connectivity index (χ0n) is 9.35. The van der Waals surface area contributed by atoms with Crippen molar-refractivity contribution < 1.29 is 9.90 Å². The molecule has 2 rings (SSSR count). The zero-order valence-corrected chi connectivity index (χ0v) is 10.9. The Morgan fingerprint density at radius 2 is 1.83 bits per heavy atom. The van der Waals surface area contributed by atoms with Crippen LogP contribution in [0.1, 0.15) is 10.4 Å². The molecule has 4 N–H and O–H groups in total. The fraction of sp³-hybridized carbons (Fsp3) is 0. The predicted octanol–water partition coefficient (Wildman–Crippen LogP) is 2.99. The molecule has 18 heavy (non-hydrogen) atoms. The van der Waals surface area contributed by atoms with Crippen LogP contribution in [-0.2, 0) is 0 Å². The molecular formula is C13H11BrN2O2. The van der Waals surface area contributed by atoms with Gasteiger partial charge in [0.2, 0.25) is 0 Å². The highest BCUT2D eigenvalue weighted by Gasteiger charge is 2.08. The lowest BCUT2D eigenvalue weighted by atomic mass is 10.2. The third-order valence-electron chi connectivity index (χ3n) is 2.37. The number of aromatic hydroxyl groups is 1. The minimum absolute atomic E-state index is 0.125. The van der Waals surface area contributed by atoms with Crippen molar-refractivity contribution in [2.45, 2.75) is 0 Å². The summed E-state index contributed by atoms with van der Waals surface area (Å²) in [6, 6.07) is 11.2. The van der Waals surface area contributed by atoms with E-state index in [0.29, 0.717) is 16.9 Å². The van der Waals surface area contributed by atoms with Crippen molar-refractivity contribution in [2.75, 3.05) is 11.1 Å². The number of phenolic OH excluding ortho intramolecular Hbond substituents is 1. The molecule has 0 aliphatic carbocycles. The highest BCUT2D eigenvalue weighted by Crippen LogP contribution is 2.25. The smallest absolute Gasteiger partial charge is 0.255 e. The van der Waals surface area contributed by atoms with E-state index in [0.717, 1.165) is 4.47 Å². The van der Waals surface area contributed by atoms with Crippen LogP contribution in [0, 0.1) is 0 Å². The van der Waals surface area contributed by atoms with Crippen molar-refractivity contribution in [3.8, 4) is 5.75 Å². The van der Waals surface area contributed by atoms with Crippen molar-refractivity contribution in [1.82, 2.24) is 0 Å². The molecule has 0 aliphatic rings. The largest absolute Gasteiger partial charge is 0.508 e. The van der Waals surface area contributed by atoms with Crippen molar-refractivity contribution in [3.63, 3.8) is 0 Å². The van der Waals surface area contributed by atoms with E-state index in [-0.39, 0.29) is 11.7 Å². The van der Waals surface area contributed by atoms with E-state index in [1.165, 1.54) is 12.1 Å². The predicted molar refractivity (Wildman–Crippen MR) is 74.6 cm³/mol. The molecule has 0 radical (unpaired) electrons. The van der Waals surface area contributed by atoms with Crippen LogP contribution in [-0.4, -0.2) is 11.0 Å². The van der Waals surface area contributed by atoms with Crippen LogP contribution >= 0.6 is 15.9 Å². The summed E-state index contributed by atoms with van der Waals surface area (Å²) in [7, 11) is 0. The fourth-order valence-corrected chi connectivity index (χ4v) is 1.94. The Bertz CT molecular complexity index is 582. The number of benzene rings is 2. The van der Waals surface area contributed by atoms with Gasteiger partial charge in [-0.05, 0) is 58.4 Å². The second kappa shape index (κ2) is 5.10. The topological polar surface area (TPSA) is 75.3 Å². The quantitative estimate of drug-likeness (QED) is 0.747. The molecular weight excluding hydrogens is 296 g/mol.